The molecule has 176 valence electrons. The molecule has 0 unspecified atom stereocenters. The van der Waals surface area contributed by atoms with Crippen LogP contribution in [-0.4, -0.2) is 37.0 Å². The van der Waals surface area contributed by atoms with Gasteiger partial charge in [0, 0.05) is 24.8 Å². The summed E-state index contributed by atoms with van der Waals surface area (Å²) in [4.78, 5) is 25.7. The minimum absolute atomic E-state index is 0.158. The molecule has 0 atom stereocenters. The number of hydrogen-bond acceptors (Lipinski definition) is 4. The third-order valence-corrected chi connectivity index (χ3v) is 7.92. The van der Waals surface area contributed by atoms with Gasteiger partial charge in [-0.25, -0.2) is 4.39 Å². The number of halogens is 1. The molecule has 3 N–H and O–H groups in total. The second-order valence-electron chi connectivity index (χ2n) is 9.16. The first-order valence-electron chi connectivity index (χ1n) is 11.5. The van der Waals surface area contributed by atoms with E-state index in [2.05, 4.69) is 24.0 Å². The summed E-state index contributed by atoms with van der Waals surface area (Å²) < 4.78 is 19.8. The molecule has 3 aromatic rings. The van der Waals surface area contributed by atoms with Crippen LogP contribution >= 0.6 is 0 Å². The van der Waals surface area contributed by atoms with Gasteiger partial charge >= 0.3 is 0 Å². The normalized spacial score (nSPS) is 14.6. The van der Waals surface area contributed by atoms with Gasteiger partial charge in [0.1, 0.15) is 5.82 Å². The topological polar surface area (TPSA) is 79.7 Å². The molecule has 0 aliphatic carbocycles. The molecule has 0 radical (unpaired) electrons. The Labute approximate surface area is 200 Å². The Morgan fingerprint density at radius 2 is 1.88 bits per heavy atom. The number of nitrogens with two attached hydrogens (primary N) is 1. The number of likely N-dealkylation sites (tertiary alicyclic amines) is 1. The van der Waals surface area contributed by atoms with Crippen LogP contribution in [0.5, 0.6) is 0 Å². The average Bonchev–Trinajstić information content (AvgIpc) is 3.28. The SMILES string of the molecule is C[Si](C)(O)c1cc(C(=O)N2CCC(c3cccc(CN)c3)CC2)oc1C#Cc1ccccc1F. The number of carbonyl (C=O) groups is 1. The van der Waals surface area contributed by atoms with E-state index in [1.165, 1.54) is 11.6 Å². The molecule has 0 bridgehead atoms. The van der Waals surface area contributed by atoms with Crippen molar-refractivity contribution in [2.24, 2.45) is 5.73 Å². The standard InChI is InChI=1S/C27H29FN2O3Si/c1-34(2,32)26-17-25(33-24(26)11-10-21-7-3-4-9-23(21)28)27(31)30-14-12-20(13-15-30)22-8-5-6-19(16-22)18-29/h3-9,16-17,20,32H,12-15,18,29H2,1-2H3. The zero-order valence-electron chi connectivity index (χ0n) is 19.5. The lowest BCUT2D eigenvalue weighted by molar-refractivity contribution is 0.0680. The molecule has 1 aromatic heterocycles. The molecule has 34 heavy (non-hydrogen) atoms. The van der Waals surface area contributed by atoms with Crippen LogP contribution in [0.1, 0.15) is 51.8 Å². The van der Waals surface area contributed by atoms with E-state index in [4.69, 9.17) is 10.2 Å². The van der Waals surface area contributed by atoms with E-state index in [0.717, 1.165) is 18.4 Å². The Bertz CT molecular complexity index is 1240. The zero-order chi connectivity index (χ0) is 24.3. The first kappa shape index (κ1) is 24.0. The van der Waals surface area contributed by atoms with Gasteiger partial charge in [0.15, 0.2) is 11.5 Å². The number of piperidine rings is 1. The van der Waals surface area contributed by atoms with E-state index in [1.54, 1.807) is 42.3 Å². The van der Waals surface area contributed by atoms with Crippen molar-refractivity contribution in [1.29, 1.82) is 0 Å². The van der Waals surface area contributed by atoms with E-state index in [9.17, 15) is 14.0 Å². The Morgan fingerprint density at radius 3 is 2.56 bits per heavy atom. The van der Waals surface area contributed by atoms with Crippen molar-refractivity contribution >= 4 is 19.4 Å². The van der Waals surface area contributed by atoms with E-state index in [-0.39, 0.29) is 23.0 Å². The van der Waals surface area contributed by atoms with Gasteiger partial charge in [-0.1, -0.05) is 42.3 Å². The second kappa shape index (κ2) is 9.98. The lowest BCUT2D eigenvalue weighted by Gasteiger charge is -2.31. The van der Waals surface area contributed by atoms with Crippen molar-refractivity contribution in [3.05, 3.63) is 88.6 Å². The molecule has 1 fully saturated rings. The third kappa shape index (κ3) is 5.31. The number of furan rings is 1. The minimum Gasteiger partial charge on any atom is -0.443 e. The van der Waals surface area contributed by atoms with Crippen LogP contribution in [0.4, 0.5) is 4.39 Å². The highest BCUT2D eigenvalue weighted by Crippen LogP contribution is 2.29. The van der Waals surface area contributed by atoms with Gasteiger partial charge < -0.3 is 19.8 Å². The van der Waals surface area contributed by atoms with Gasteiger partial charge in [0.25, 0.3) is 5.91 Å². The molecule has 2 aromatic carbocycles. The maximum absolute atomic E-state index is 14.0. The maximum Gasteiger partial charge on any atom is 0.289 e. The molecule has 2 heterocycles. The molecule has 1 saturated heterocycles. The summed E-state index contributed by atoms with van der Waals surface area (Å²) in [6, 6.07) is 16.1. The summed E-state index contributed by atoms with van der Waals surface area (Å²) in [5.41, 5.74) is 8.38. The van der Waals surface area contributed by atoms with Crippen molar-refractivity contribution in [3.8, 4) is 11.8 Å². The first-order chi connectivity index (χ1) is 16.3. The molecular weight excluding hydrogens is 447 g/mol. The van der Waals surface area contributed by atoms with Crippen molar-refractivity contribution in [1.82, 2.24) is 4.90 Å². The molecule has 0 saturated carbocycles. The number of carbonyl (C=O) groups excluding carboxylic acids is 1. The van der Waals surface area contributed by atoms with E-state index in [0.29, 0.717) is 30.7 Å². The first-order valence-corrected chi connectivity index (χ1v) is 14.4. The lowest BCUT2D eigenvalue weighted by Crippen LogP contribution is -2.42. The van der Waals surface area contributed by atoms with Crippen LogP contribution in [0.3, 0.4) is 0 Å². The van der Waals surface area contributed by atoms with Crippen LogP contribution in [0.2, 0.25) is 13.1 Å². The fourth-order valence-corrected chi connectivity index (χ4v) is 5.43. The molecular formula is C27H29FN2O3Si. The van der Waals surface area contributed by atoms with Crippen LogP contribution in [0.25, 0.3) is 0 Å². The predicted octanol–water partition coefficient (Wildman–Crippen LogP) is 3.70. The van der Waals surface area contributed by atoms with Gasteiger partial charge in [-0.15, -0.1) is 0 Å². The van der Waals surface area contributed by atoms with Gasteiger partial charge in [-0.3, -0.25) is 4.79 Å². The van der Waals surface area contributed by atoms with Crippen molar-refractivity contribution in [3.63, 3.8) is 0 Å². The van der Waals surface area contributed by atoms with Crippen molar-refractivity contribution in [2.45, 2.75) is 38.4 Å². The van der Waals surface area contributed by atoms with E-state index < -0.39 is 14.1 Å². The van der Waals surface area contributed by atoms with Crippen LogP contribution in [0, 0.1) is 17.7 Å². The average molecular weight is 477 g/mol. The smallest absolute Gasteiger partial charge is 0.289 e. The molecule has 5 nitrogen and oxygen atoms in total. The van der Waals surface area contributed by atoms with E-state index in [1.807, 2.05) is 12.1 Å². The lowest BCUT2D eigenvalue weighted by atomic mass is 9.88. The summed E-state index contributed by atoms with van der Waals surface area (Å²) in [6.45, 7) is 5.21. The van der Waals surface area contributed by atoms with Crippen molar-refractivity contribution < 1.29 is 18.4 Å². The summed E-state index contributed by atoms with van der Waals surface area (Å²) in [5, 5.41) is 0.535. The summed E-state index contributed by atoms with van der Waals surface area (Å²) in [7, 11) is -2.84. The molecule has 1 aliphatic heterocycles. The van der Waals surface area contributed by atoms with E-state index >= 15 is 0 Å². The monoisotopic (exact) mass is 476 g/mol. The minimum atomic E-state index is -2.84. The second-order valence-corrected chi connectivity index (χ2v) is 12.8. The Balaban J connectivity index is 1.52. The quantitative estimate of drug-likeness (QED) is 0.445. The highest BCUT2D eigenvalue weighted by atomic mass is 28.4. The fourth-order valence-electron chi connectivity index (χ4n) is 4.28. The van der Waals surface area contributed by atoms with Gasteiger partial charge in [-0.2, -0.15) is 0 Å². The highest BCUT2D eigenvalue weighted by Gasteiger charge is 2.32. The summed E-state index contributed by atoms with van der Waals surface area (Å²) in [6.07, 6.45) is 1.71. The number of hydrogen-bond donors (Lipinski definition) is 2. The number of benzene rings is 2. The summed E-state index contributed by atoms with van der Waals surface area (Å²) in [5.74, 6) is 5.71. The third-order valence-electron chi connectivity index (χ3n) is 6.23. The number of amides is 1. The molecule has 0 spiro atoms. The zero-order valence-corrected chi connectivity index (χ0v) is 20.5. The van der Waals surface area contributed by atoms with Crippen LogP contribution < -0.4 is 10.9 Å². The maximum atomic E-state index is 14.0. The molecule has 1 aliphatic rings. The van der Waals surface area contributed by atoms with Crippen molar-refractivity contribution in [2.75, 3.05) is 13.1 Å². The van der Waals surface area contributed by atoms with Gasteiger partial charge in [0.05, 0.1) is 5.56 Å². The van der Waals surface area contributed by atoms with Gasteiger partial charge in [0.2, 0.25) is 8.32 Å². The molecule has 1 amide bonds. The van der Waals surface area contributed by atoms with Crippen LogP contribution in [0.15, 0.2) is 59.0 Å². The Morgan fingerprint density at radius 1 is 1.15 bits per heavy atom. The highest BCUT2D eigenvalue weighted by molar-refractivity contribution is 6.83. The summed E-state index contributed by atoms with van der Waals surface area (Å²) >= 11 is 0. The van der Waals surface area contributed by atoms with Crippen LogP contribution in [-0.2, 0) is 6.54 Å². The fraction of sp³-hybridized carbons (Fsp3) is 0.296. The predicted molar refractivity (Wildman–Crippen MR) is 133 cm³/mol. The van der Waals surface area contributed by atoms with Gasteiger partial charge in [-0.05, 0) is 67.1 Å². The molecule has 7 heteroatoms. The Hall–Kier alpha value is -3.18. The largest absolute Gasteiger partial charge is 0.443 e. The number of nitrogens with zero attached hydrogens (tertiary/aromatic N) is 1. The number of rotatable bonds is 4. The molecule has 4 rings (SSSR count). The Kier molecular flexibility index (Phi) is 7.03.